The van der Waals surface area contributed by atoms with Crippen molar-refractivity contribution >= 4 is 5.82 Å². The van der Waals surface area contributed by atoms with Gasteiger partial charge in [-0.3, -0.25) is 4.68 Å². The number of hydrogen-bond donors (Lipinski definition) is 1. The van der Waals surface area contributed by atoms with E-state index < -0.39 is 0 Å². The number of anilines is 1. The van der Waals surface area contributed by atoms with Crippen LogP contribution in [0.15, 0.2) is 12.5 Å². The molecule has 3 heterocycles. The zero-order valence-electron chi connectivity index (χ0n) is 11.6. The fraction of sp³-hybridized carbons (Fsp3) is 0.500. The third-order valence-electron chi connectivity index (χ3n) is 3.71. The van der Waals surface area contributed by atoms with Gasteiger partial charge in [0.15, 0.2) is 11.6 Å². The van der Waals surface area contributed by atoms with E-state index >= 15 is 0 Å². The second-order valence-electron chi connectivity index (χ2n) is 4.99. The van der Waals surface area contributed by atoms with E-state index in [2.05, 4.69) is 20.4 Å². The Morgan fingerprint density at radius 1 is 1.35 bits per heavy atom. The Hall–Kier alpha value is -1.98. The van der Waals surface area contributed by atoms with Crippen LogP contribution in [-0.4, -0.2) is 19.7 Å². The number of halogens is 1. The average molecular weight is 275 g/mol. The van der Waals surface area contributed by atoms with Crippen molar-refractivity contribution in [1.82, 2.24) is 19.7 Å². The van der Waals surface area contributed by atoms with Gasteiger partial charge in [-0.1, -0.05) is 6.92 Å². The summed E-state index contributed by atoms with van der Waals surface area (Å²) in [5, 5.41) is 7.44. The largest absolute Gasteiger partial charge is 0.363 e. The molecule has 6 heteroatoms. The number of hydrogen-bond acceptors (Lipinski definition) is 4. The molecule has 0 atom stereocenters. The first-order valence-electron chi connectivity index (χ1n) is 7.06. The van der Waals surface area contributed by atoms with Gasteiger partial charge in [-0.25, -0.2) is 14.4 Å². The molecule has 0 saturated carbocycles. The van der Waals surface area contributed by atoms with Crippen molar-refractivity contribution < 1.29 is 4.39 Å². The van der Waals surface area contributed by atoms with Gasteiger partial charge in [0.05, 0.1) is 11.9 Å². The van der Waals surface area contributed by atoms with Gasteiger partial charge in [0.25, 0.3) is 0 Å². The normalized spacial score (nSPS) is 14.1. The van der Waals surface area contributed by atoms with E-state index in [1.54, 1.807) is 0 Å². The van der Waals surface area contributed by atoms with Crippen molar-refractivity contribution in [2.24, 2.45) is 0 Å². The van der Waals surface area contributed by atoms with E-state index in [0.717, 1.165) is 18.5 Å². The van der Waals surface area contributed by atoms with Gasteiger partial charge in [0, 0.05) is 24.3 Å². The van der Waals surface area contributed by atoms with Crippen LogP contribution in [0, 0.1) is 5.82 Å². The van der Waals surface area contributed by atoms with Gasteiger partial charge >= 0.3 is 0 Å². The lowest BCUT2D eigenvalue weighted by Gasteiger charge is -2.15. The van der Waals surface area contributed by atoms with E-state index in [4.69, 9.17) is 0 Å². The lowest BCUT2D eigenvalue weighted by atomic mass is 10.1. The van der Waals surface area contributed by atoms with Crippen molar-refractivity contribution in [3.8, 4) is 0 Å². The van der Waals surface area contributed by atoms with Crippen molar-refractivity contribution in [3.63, 3.8) is 0 Å². The van der Waals surface area contributed by atoms with Crippen LogP contribution in [0.3, 0.4) is 0 Å². The van der Waals surface area contributed by atoms with Crippen molar-refractivity contribution in [2.75, 3.05) is 5.32 Å². The summed E-state index contributed by atoms with van der Waals surface area (Å²) in [7, 11) is 0. The number of aryl methyl sites for hydroxylation is 2. The zero-order chi connectivity index (χ0) is 13.9. The van der Waals surface area contributed by atoms with E-state index in [0.29, 0.717) is 18.7 Å². The lowest BCUT2D eigenvalue weighted by Crippen LogP contribution is -2.13. The van der Waals surface area contributed by atoms with Crippen LogP contribution in [0.2, 0.25) is 0 Å². The third-order valence-corrected chi connectivity index (χ3v) is 3.71. The van der Waals surface area contributed by atoms with Gasteiger partial charge in [-0.15, -0.1) is 0 Å². The highest BCUT2D eigenvalue weighted by Crippen LogP contribution is 2.20. The first kappa shape index (κ1) is 13.0. The van der Waals surface area contributed by atoms with Gasteiger partial charge < -0.3 is 5.32 Å². The average Bonchev–Trinajstić information content (AvgIpc) is 2.89. The number of fused-ring (bicyclic) bond motifs is 1. The molecule has 0 aromatic carbocycles. The van der Waals surface area contributed by atoms with E-state index in [-0.39, 0.29) is 11.6 Å². The first-order valence-corrected chi connectivity index (χ1v) is 7.06. The Kier molecular flexibility index (Phi) is 3.62. The van der Waals surface area contributed by atoms with Gasteiger partial charge in [-0.2, -0.15) is 5.10 Å². The molecule has 1 aliphatic heterocycles. The van der Waals surface area contributed by atoms with E-state index in [1.807, 2.05) is 17.8 Å². The maximum absolute atomic E-state index is 14.0. The molecular formula is C14H18FN5. The Morgan fingerprint density at radius 2 is 2.25 bits per heavy atom. The zero-order valence-corrected chi connectivity index (χ0v) is 11.6. The summed E-state index contributed by atoms with van der Waals surface area (Å²) in [6.45, 7) is 3.41. The summed E-state index contributed by atoms with van der Waals surface area (Å²) < 4.78 is 16.1. The highest BCUT2D eigenvalue weighted by Gasteiger charge is 2.15. The Balaban J connectivity index is 1.75. The van der Waals surface area contributed by atoms with Gasteiger partial charge in [0.2, 0.25) is 0 Å². The minimum Gasteiger partial charge on any atom is -0.363 e. The Labute approximate surface area is 117 Å². The summed E-state index contributed by atoms with van der Waals surface area (Å²) in [5.41, 5.74) is 2.83. The fourth-order valence-electron chi connectivity index (χ4n) is 2.59. The Morgan fingerprint density at radius 3 is 3.10 bits per heavy atom. The predicted octanol–water partition coefficient (Wildman–Crippen LogP) is 2.32. The summed E-state index contributed by atoms with van der Waals surface area (Å²) >= 11 is 0. The maximum atomic E-state index is 14.0. The second-order valence-corrected chi connectivity index (χ2v) is 4.99. The SMILES string of the molecule is CCc1ncnc(NCc2cnn3c2CCCC3)c1F. The molecule has 0 fully saturated rings. The number of nitrogens with one attached hydrogen (secondary N) is 1. The molecule has 2 aromatic rings. The van der Waals surface area contributed by atoms with E-state index in [9.17, 15) is 4.39 Å². The summed E-state index contributed by atoms with van der Waals surface area (Å²) in [6, 6.07) is 0. The standard InChI is InChI=1S/C14H18FN5/c1-2-11-13(15)14(18-9-17-11)16-7-10-8-19-20-6-4-3-5-12(10)20/h8-9H,2-7H2,1H3,(H,16,17,18). The molecule has 1 aliphatic rings. The van der Waals surface area contributed by atoms with Gasteiger partial charge in [0.1, 0.15) is 6.33 Å². The molecule has 0 bridgehead atoms. The third kappa shape index (κ3) is 2.37. The molecule has 3 rings (SSSR count). The summed E-state index contributed by atoms with van der Waals surface area (Å²) in [5.74, 6) is -0.0800. The summed E-state index contributed by atoms with van der Waals surface area (Å²) in [4.78, 5) is 7.90. The molecule has 0 amide bonds. The van der Waals surface area contributed by atoms with Crippen LogP contribution in [0.4, 0.5) is 10.2 Å². The molecule has 0 spiro atoms. The second kappa shape index (κ2) is 5.56. The number of rotatable bonds is 4. The van der Waals surface area contributed by atoms with Crippen LogP contribution in [0.1, 0.15) is 36.7 Å². The molecule has 0 aliphatic carbocycles. The van der Waals surface area contributed by atoms with Crippen LogP contribution in [-0.2, 0) is 25.9 Å². The van der Waals surface area contributed by atoms with Crippen LogP contribution < -0.4 is 5.32 Å². The molecule has 2 aromatic heterocycles. The molecule has 20 heavy (non-hydrogen) atoms. The number of nitrogens with zero attached hydrogens (tertiary/aromatic N) is 4. The number of aromatic nitrogens is 4. The quantitative estimate of drug-likeness (QED) is 0.930. The molecule has 1 N–H and O–H groups in total. The monoisotopic (exact) mass is 275 g/mol. The minimum atomic E-state index is -0.351. The van der Waals surface area contributed by atoms with E-state index in [1.165, 1.54) is 24.9 Å². The smallest absolute Gasteiger partial charge is 0.186 e. The highest BCUT2D eigenvalue weighted by molar-refractivity contribution is 5.38. The van der Waals surface area contributed by atoms with Crippen LogP contribution in [0.25, 0.3) is 0 Å². The fourth-order valence-corrected chi connectivity index (χ4v) is 2.59. The molecule has 0 unspecified atom stereocenters. The molecule has 5 nitrogen and oxygen atoms in total. The minimum absolute atomic E-state index is 0.271. The van der Waals surface area contributed by atoms with Gasteiger partial charge in [-0.05, 0) is 25.7 Å². The molecule has 106 valence electrons. The highest BCUT2D eigenvalue weighted by atomic mass is 19.1. The predicted molar refractivity (Wildman–Crippen MR) is 73.9 cm³/mol. The van der Waals surface area contributed by atoms with Crippen molar-refractivity contribution in [3.05, 3.63) is 35.3 Å². The van der Waals surface area contributed by atoms with Crippen molar-refractivity contribution in [2.45, 2.75) is 45.7 Å². The van der Waals surface area contributed by atoms with Crippen LogP contribution in [0.5, 0.6) is 0 Å². The van der Waals surface area contributed by atoms with Crippen LogP contribution >= 0.6 is 0 Å². The summed E-state index contributed by atoms with van der Waals surface area (Å²) in [6.07, 6.45) is 7.25. The maximum Gasteiger partial charge on any atom is 0.186 e. The topological polar surface area (TPSA) is 55.6 Å². The first-order chi connectivity index (χ1) is 9.79. The molecular weight excluding hydrogens is 257 g/mol. The Bertz CT molecular complexity index is 608. The molecule has 0 radical (unpaired) electrons. The van der Waals surface area contributed by atoms with Crippen molar-refractivity contribution in [1.29, 1.82) is 0 Å². The molecule has 0 saturated heterocycles. The lowest BCUT2D eigenvalue weighted by molar-refractivity contribution is 0.484.